The minimum absolute atomic E-state index is 0.116. The maximum Gasteiger partial charge on any atom is 0.311 e. The van der Waals surface area contributed by atoms with Crippen LogP contribution in [0.25, 0.3) is 6.08 Å². The minimum Gasteiger partial charge on any atom is -0.479 e. The molecule has 3 rings (SSSR count). The van der Waals surface area contributed by atoms with Gasteiger partial charge in [-0.05, 0) is 50.3 Å². The third kappa shape index (κ3) is 4.52. The van der Waals surface area contributed by atoms with Crippen LogP contribution >= 0.6 is 11.3 Å². The molecule has 0 fully saturated rings. The summed E-state index contributed by atoms with van der Waals surface area (Å²) in [6, 6.07) is 8.10. The number of nitro groups is 1. The van der Waals surface area contributed by atoms with E-state index in [4.69, 9.17) is 9.15 Å². The van der Waals surface area contributed by atoms with Gasteiger partial charge in [0, 0.05) is 27.5 Å². The van der Waals surface area contributed by atoms with Crippen molar-refractivity contribution in [3.63, 3.8) is 0 Å². The number of rotatable bonds is 7. The largest absolute Gasteiger partial charge is 0.479 e. The molecule has 8 heteroatoms. The number of hydrogen-bond donors (Lipinski definition) is 0. The lowest BCUT2D eigenvalue weighted by Gasteiger charge is -2.05. The fourth-order valence-corrected chi connectivity index (χ4v) is 3.52. The van der Waals surface area contributed by atoms with Gasteiger partial charge in [0.2, 0.25) is 0 Å². The summed E-state index contributed by atoms with van der Waals surface area (Å²) in [5.41, 5.74) is 0.326. The van der Waals surface area contributed by atoms with Gasteiger partial charge in [-0.3, -0.25) is 14.9 Å². The quantitative estimate of drug-likeness (QED) is 0.227. The number of allylic oxidation sites excluding steroid dienone is 1. The first-order chi connectivity index (χ1) is 13.3. The molecule has 0 radical (unpaired) electrons. The fraction of sp³-hybridized carbons (Fsp3) is 0.150. The Bertz CT molecular complexity index is 1070. The van der Waals surface area contributed by atoms with Crippen molar-refractivity contribution in [3.8, 4) is 5.75 Å². The Hall–Kier alpha value is -3.26. The summed E-state index contributed by atoms with van der Waals surface area (Å²) in [5.74, 6) is -0.122. The molecule has 0 saturated carbocycles. The molecule has 144 valence electrons. The van der Waals surface area contributed by atoms with E-state index in [2.05, 4.69) is 0 Å². The van der Waals surface area contributed by atoms with Crippen LogP contribution in [0.3, 0.4) is 0 Å². The van der Waals surface area contributed by atoms with E-state index in [-0.39, 0.29) is 23.8 Å². The molecule has 0 amide bonds. The van der Waals surface area contributed by atoms with Crippen LogP contribution in [0.4, 0.5) is 10.1 Å². The van der Waals surface area contributed by atoms with Gasteiger partial charge in [-0.15, -0.1) is 11.3 Å². The van der Waals surface area contributed by atoms with E-state index in [1.165, 1.54) is 6.08 Å². The number of thiophene rings is 1. The van der Waals surface area contributed by atoms with E-state index in [0.717, 1.165) is 28.0 Å². The summed E-state index contributed by atoms with van der Waals surface area (Å²) >= 11 is 1.56. The molecule has 3 aromatic rings. The molecule has 0 aliphatic rings. The molecule has 2 heterocycles. The average molecular weight is 401 g/mol. The number of benzene rings is 1. The molecule has 0 N–H and O–H groups in total. The number of halogens is 1. The molecule has 0 spiro atoms. The smallest absolute Gasteiger partial charge is 0.311 e. The van der Waals surface area contributed by atoms with E-state index in [0.29, 0.717) is 17.1 Å². The van der Waals surface area contributed by atoms with Crippen molar-refractivity contribution >= 4 is 28.9 Å². The van der Waals surface area contributed by atoms with Crippen molar-refractivity contribution in [2.75, 3.05) is 0 Å². The number of nitrogens with zero attached hydrogens (tertiary/aromatic N) is 1. The zero-order valence-electron chi connectivity index (χ0n) is 15.1. The highest BCUT2D eigenvalue weighted by atomic mass is 32.1. The fourth-order valence-electron chi connectivity index (χ4n) is 2.59. The predicted octanol–water partition coefficient (Wildman–Crippen LogP) is 5.48. The molecule has 0 aliphatic carbocycles. The number of carbonyl (C=O) groups is 1. The van der Waals surface area contributed by atoms with Crippen LogP contribution in [0.15, 0.2) is 46.9 Å². The van der Waals surface area contributed by atoms with Crippen molar-refractivity contribution < 1.29 is 23.3 Å². The number of nitro benzene ring substituents is 1. The zero-order chi connectivity index (χ0) is 20.3. The second kappa shape index (κ2) is 8.18. The summed E-state index contributed by atoms with van der Waals surface area (Å²) in [6.45, 7) is 3.72. The van der Waals surface area contributed by atoms with Crippen LogP contribution < -0.4 is 4.74 Å². The van der Waals surface area contributed by atoms with E-state index < -0.39 is 10.7 Å². The maximum absolute atomic E-state index is 13.3. The van der Waals surface area contributed by atoms with Gasteiger partial charge < -0.3 is 9.15 Å². The van der Waals surface area contributed by atoms with E-state index in [1.807, 2.05) is 19.9 Å². The first-order valence-corrected chi connectivity index (χ1v) is 9.10. The zero-order valence-corrected chi connectivity index (χ0v) is 15.9. The first-order valence-electron chi connectivity index (χ1n) is 8.28. The van der Waals surface area contributed by atoms with Gasteiger partial charge in [-0.2, -0.15) is 0 Å². The molecule has 6 nitrogen and oxygen atoms in total. The number of ketones is 1. The van der Waals surface area contributed by atoms with E-state index in [9.17, 15) is 19.3 Å². The van der Waals surface area contributed by atoms with Crippen molar-refractivity contribution in [1.29, 1.82) is 0 Å². The normalized spacial score (nSPS) is 11.1. The summed E-state index contributed by atoms with van der Waals surface area (Å²) in [7, 11) is 0. The molecule has 0 saturated heterocycles. The monoisotopic (exact) mass is 401 g/mol. The Morgan fingerprint density at radius 1 is 1.29 bits per heavy atom. The van der Waals surface area contributed by atoms with Crippen LogP contribution in [0.2, 0.25) is 0 Å². The Morgan fingerprint density at radius 2 is 2.07 bits per heavy atom. The van der Waals surface area contributed by atoms with Crippen molar-refractivity contribution in [1.82, 2.24) is 0 Å². The lowest BCUT2D eigenvalue weighted by molar-refractivity contribution is -0.386. The Kier molecular flexibility index (Phi) is 5.70. The van der Waals surface area contributed by atoms with Crippen LogP contribution in [-0.2, 0) is 6.61 Å². The topological polar surface area (TPSA) is 82.6 Å². The van der Waals surface area contributed by atoms with Gasteiger partial charge in [-0.25, -0.2) is 4.39 Å². The van der Waals surface area contributed by atoms with E-state index in [1.54, 1.807) is 29.5 Å². The van der Waals surface area contributed by atoms with Gasteiger partial charge in [0.1, 0.15) is 23.9 Å². The van der Waals surface area contributed by atoms with Crippen LogP contribution in [0, 0.1) is 29.8 Å². The second-order valence-corrected chi connectivity index (χ2v) is 7.45. The number of ether oxygens (including phenoxy) is 1. The van der Waals surface area contributed by atoms with Crippen LogP contribution in [0.1, 0.15) is 31.6 Å². The van der Waals surface area contributed by atoms with Crippen molar-refractivity contribution in [2.45, 2.75) is 20.5 Å². The Morgan fingerprint density at radius 3 is 2.75 bits per heavy atom. The lowest BCUT2D eigenvalue weighted by atomic mass is 10.1. The van der Waals surface area contributed by atoms with Crippen molar-refractivity contribution in [2.24, 2.45) is 0 Å². The third-order valence-electron chi connectivity index (χ3n) is 3.88. The number of hydrogen-bond acceptors (Lipinski definition) is 6. The van der Waals surface area contributed by atoms with Gasteiger partial charge in [0.15, 0.2) is 11.5 Å². The highest BCUT2D eigenvalue weighted by Gasteiger charge is 2.16. The molecule has 28 heavy (non-hydrogen) atoms. The van der Waals surface area contributed by atoms with Gasteiger partial charge in [-0.1, -0.05) is 0 Å². The van der Waals surface area contributed by atoms with Gasteiger partial charge in [0.25, 0.3) is 0 Å². The average Bonchev–Trinajstić information content (AvgIpc) is 3.23. The molecular weight excluding hydrogens is 385 g/mol. The SMILES string of the molecule is Cc1cc(C(=O)/C=C/c2ccc(COc3cc(F)ccc3[N+](=O)[O-])o2)c(C)s1. The van der Waals surface area contributed by atoms with E-state index >= 15 is 0 Å². The number of carbonyl (C=O) groups excluding carboxylic acids is 1. The minimum atomic E-state index is -0.648. The second-order valence-electron chi connectivity index (χ2n) is 5.99. The molecular formula is C20H16FNO5S. The number of aryl methyl sites for hydroxylation is 2. The van der Waals surface area contributed by atoms with Gasteiger partial charge >= 0.3 is 5.69 Å². The highest BCUT2D eigenvalue weighted by Crippen LogP contribution is 2.28. The highest BCUT2D eigenvalue weighted by molar-refractivity contribution is 7.12. The Balaban J connectivity index is 1.66. The molecule has 1 aromatic carbocycles. The van der Waals surface area contributed by atoms with Crippen LogP contribution in [0.5, 0.6) is 5.75 Å². The summed E-state index contributed by atoms with van der Waals surface area (Å²) in [5, 5.41) is 11.0. The predicted molar refractivity (Wildman–Crippen MR) is 103 cm³/mol. The lowest BCUT2D eigenvalue weighted by Crippen LogP contribution is -1.99. The standard InChI is InChI=1S/C20H16FNO5S/c1-12-9-17(13(2)28-12)19(23)8-6-15-4-5-16(27-15)11-26-20-10-14(21)3-7-18(20)22(24)25/h3-10H,11H2,1-2H3/b8-6+. The summed E-state index contributed by atoms with van der Waals surface area (Å²) in [4.78, 5) is 24.6. The molecule has 0 unspecified atom stereocenters. The molecule has 0 bridgehead atoms. The Labute approximate surface area is 164 Å². The first kappa shape index (κ1) is 19.5. The van der Waals surface area contributed by atoms with Crippen molar-refractivity contribution in [3.05, 3.63) is 85.2 Å². The molecule has 2 aromatic heterocycles. The molecule has 0 aliphatic heterocycles. The summed E-state index contributed by atoms with van der Waals surface area (Å²) in [6.07, 6.45) is 2.97. The maximum atomic E-state index is 13.3. The third-order valence-corrected chi connectivity index (χ3v) is 4.84. The van der Waals surface area contributed by atoms with Gasteiger partial charge in [0.05, 0.1) is 4.92 Å². The summed E-state index contributed by atoms with van der Waals surface area (Å²) < 4.78 is 24.2. The molecule has 0 atom stereocenters. The van der Waals surface area contributed by atoms with Crippen LogP contribution in [-0.4, -0.2) is 10.7 Å². The number of furan rings is 1.